The summed E-state index contributed by atoms with van der Waals surface area (Å²) in [5.41, 5.74) is 1.57. The summed E-state index contributed by atoms with van der Waals surface area (Å²) >= 11 is 0. The molecule has 1 unspecified atom stereocenters. The Labute approximate surface area is 162 Å². The van der Waals surface area contributed by atoms with Crippen LogP contribution in [0, 0.1) is 0 Å². The van der Waals surface area contributed by atoms with Crippen molar-refractivity contribution in [1.82, 2.24) is 0 Å². The van der Waals surface area contributed by atoms with Crippen LogP contribution in [0.2, 0.25) is 0 Å². The lowest BCUT2D eigenvalue weighted by Crippen LogP contribution is -2.58. The first-order valence-corrected chi connectivity index (χ1v) is 8.68. The molecular weight excluding hydrogens is 368 g/mol. The third kappa shape index (κ3) is 6.10. The highest BCUT2D eigenvalue weighted by atomic mass is 16.6. The number of hydrogen-bond donors (Lipinski definition) is 5. The van der Waals surface area contributed by atoms with Crippen molar-refractivity contribution in [1.29, 1.82) is 0 Å². The number of aliphatic hydroxyl groups excluding tert-OH is 5. The molecule has 0 bridgehead atoms. The number of esters is 1. The third-order valence-corrected chi connectivity index (χ3v) is 4.09. The number of hydrogen-bond acceptors (Lipinski definition) is 8. The van der Waals surface area contributed by atoms with Gasteiger partial charge in [0.25, 0.3) is 0 Å². The number of carbonyl (C=O) groups excluding carboxylic acids is 1. The Hall–Kier alpha value is -2.33. The maximum Gasteiger partial charge on any atom is 0.338 e. The van der Waals surface area contributed by atoms with Gasteiger partial charge in [0, 0.05) is 0 Å². The van der Waals surface area contributed by atoms with Gasteiger partial charge in [-0.25, -0.2) is 4.79 Å². The topological polar surface area (TPSA) is 137 Å². The van der Waals surface area contributed by atoms with E-state index in [9.17, 15) is 4.79 Å². The highest BCUT2D eigenvalue weighted by Gasteiger charge is 2.42. The first kappa shape index (κ1) is 22.0. The lowest BCUT2D eigenvalue weighted by atomic mass is 10.00. The summed E-state index contributed by atoms with van der Waals surface area (Å²) in [5, 5.41) is 44.7. The molecule has 3 rings (SSSR count). The fraction of sp³-hybridized carbons (Fsp3) is 0.350. The van der Waals surface area contributed by atoms with Crippen LogP contribution < -0.4 is 0 Å². The summed E-state index contributed by atoms with van der Waals surface area (Å²) in [6, 6.07) is 18.6. The maximum absolute atomic E-state index is 11.6. The molecule has 0 saturated carbocycles. The molecule has 5 N–H and O–H groups in total. The van der Waals surface area contributed by atoms with Gasteiger partial charge in [-0.05, 0) is 17.7 Å². The monoisotopic (exact) mass is 392 g/mol. The van der Waals surface area contributed by atoms with Crippen molar-refractivity contribution in [2.45, 2.75) is 37.3 Å². The Bertz CT molecular complexity index is 704. The number of carbonyl (C=O) groups is 1. The van der Waals surface area contributed by atoms with Crippen LogP contribution in [0.25, 0.3) is 0 Å². The van der Waals surface area contributed by atoms with E-state index in [0.717, 1.165) is 5.56 Å². The van der Waals surface area contributed by atoms with E-state index in [1.165, 1.54) is 0 Å². The molecule has 28 heavy (non-hydrogen) atoms. The second-order valence-electron chi connectivity index (χ2n) is 6.15. The van der Waals surface area contributed by atoms with Crippen LogP contribution in [-0.2, 0) is 16.1 Å². The Morgan fingerprint density at radius 2 is 1.43 bits per heavy atom. The van der Waals surface area contributed by atoms with Crippen molar-refractivity contribution in [3.63, 3.8) is 0 Å². The summed E-state index contributed by atoms with van der Waals surface area (Å²) in [7, 11) is 0. The molecule has 0 aliphatic carbocycles. The Balaban J connectivity index is 0.000000209. The van der Waals surface area contributed by atoms with Gasteiger partial charge in [-0.3, -0.25) is 0 Å². The molecule has 1 fully saturated rings. The average molecular weight is 392 g/mol. The molecule has 5 atom stereocenters. The molecule has 2 aromatic rings. The minimum Gasteiger partial charge on any atom is -0.457 e. The van der Waals surface area contributed by atoms with Crippen LogP contribution in [0.15, 0.2) is 60.7 Å². The van der Waals surface area contributed by atoms with Gasteiger partial charge in [0.15, 0.2) is 6.29 Å². The molecule has 8 nitrogen and oxygen atoms in total. The summed E-state index contributed by atoms with van der Waals surface area (Å²) in [4.78, 5) is 11.6. The second-order valence-corrected chi connectivity index (χ2v) is 6.15. The SMILES string of the molecule is O=C(OCc1ccccc1)c1ccccc1.OC[C@H]1OC(O)[C@H](O)[C@@H](O)[C@@H]1O. The Morgan fingerprint density at radius 3 is 2.00 bits per heavy atom. The van der Waals surface area contributed by atoms with E-state index < -0.39 is 37.3 Å². The largest absolute Gasteiger partial charge is 0.457 e. The standard InChI is InChI=1S/C14H12O2.C6H12O6/c15-14(13-9-5-2-6-10-13)16-11-12-7-3-1-4-8-12;7-1-2-3(8)4(9)5(10)6(11)12-2/h1-10H,11H2;2-11H,1H2/t;2-,3-,4+,5-,6?/m.1/s1. The van der Waals surface area contributed by atoms with E-state index in [-0.39, 0.29) is 5.97 Å². The quantitative estimate of drug-likeness (QED) is 0.452. The van der Waals surface area contributed by atoms with Gasteiger partial charge in [-0.15, -0.1) is 0 Å². The zero-order valence-corrected chi connectivity index (χ0v) is 15.0. The van der Waals surface area contributed by atoms with Crippen molar-refractivity contribution >= 4 is 5.97 Å². The van der Waals surface area contributed by atoms with Crippen molar-refractivity contribution in [3.8, 4) is 0 Å². The minimum atomic E-state index is -1.57. The van der Waals surface area contributed by atoms with Gasteiger partial charge in [0.1, 0.15) is 31.0 Å². The Morgan fingerprint density at radius 1 is 0.857 bits per heavy atom. The van der Waals surface area contributed by atoms with Gasteiger partial charge in [-0.1, -0.05) is 48.5 Å². The lowest BCUT2D eigenvalue weighted by molar-refractivity contribution is -0.286. The third-order valence-electron chi connectivity index (χ3n) is 4.09. The molecule has 0 radical (unpaired) electrons. The van der Waals surface area contributed by atoms with Gasteiger partial charge in [-0.2, -0.15) is 0 Å². The van der Waals surface area contributed by atoms with Gasteiger partial charge in [0.2, 0.25) is 0 Å². The lowest BCUT2D eigenvalue weighted by Gasteiger charge is -2.37. The van der Waals surface area contributed by atoms with Crippen molar-refractivity contribution in [2.75, 3.05) is 6.61 Å². The predicted octanol–water partition coefficient (Wildman–Crippen LogP) is -0.178. The average Bonchev–Trinajstić information content (AvgIpc) is 2.75. The van der Waals surface area contributed by atoms with Gasteiger partial charge < -0.3 is 35.0 Å². The number of aliphatic hydroxyl groups is 5. The van der Waals surface area contributed by atoms with E-state index in [1.54, 1.807) is 12.1 Å². The minimum absolute atomic E-state index is 0.288. The fourth-order valence-corrected chi connectivity index (χ4v) is 2.46. The number of benzene rings is 2. The molecule has 0 spiro atoms. The van der Waals surface area contributed by atoms with E-state index >= 15 is 0 Å². The van der Waals surface area contributed by atoms with Crippen LogP contribution in [0.4, 0.5) is 0 Å². The molecule has 8 heteroatoms. The number of rotatable bonds is 4. The van der Waals surface area contributed by atoms with Crippen LogP contribution in [-0.4, -0.2) is 68.8 Å². The normalized spacial score (nSPS) is 26.7. The molecule has 0 aromatic heterocycles. The maximum atomic E-state index is 11.6. The first-order chi connectivity index (χ1) is 13.4. The number of ether oxygens (including phenoxy) is 2. The summed E-state index contributed by atoms with van der Waals surface area (Å²) in [5.74, 6) is -0.288. The zero-order valence-electron chi connectivity index (χ0n) is 15.0. The smallest absolute Gasteiger partial charge is 0.338 e. The second kappa shape index (κ2) is 10.9. The molecule has 1 saturated heterocycles. The van der Waals surface area contributed by atoms with E-state index in [1.807, 2.05) is 48.5 Å². The predicted molar refractivity (Wildman–Crippen MR) is 98.0 cm³/mol. The van der Waals surface area contributed by atoms with Crippen molar-refractivity contribution in [2.24, 2.45) is 0 Å². The summed E-state index contributed by atoms with van der Waals surface area (Å²) < 4.78 is 9.75. The molecule has 0 amide bonds. The van der Waals surface area contributed by atoms with Crippen LogP contribution in [0.5, 0.6) is 0 Å². The summed E-state index contributed by atoms with van der Waals surface area (Å²) in [6.07, 6.45) is -7.04. The van der Waals surface area contributed by atoms with Crippen molar-refractivity contribution < 1.29 is 39.8 Å². The van der Waals surface area contributed by atoms with Gasteiger partial charge >= 0.3 is 5.97 Å². The molecule has 1 aliphatic rings. The molecule has 152 valence electrons. The van der Waals surface area contributed by atoms with E-state index in [0.29, 0.717) is 12.2 Å². The highest BCUT2D eigenvalue weighted by molar-refractivity contribution is 5.89. The zero-order chi connectivity index (χ0) is 20.5. The molecular formula is C20H24O8. The van der Waals surface area contributed by atoms with Crippen LogP contribution in [0.3, 0.4) is 0 Å². The molecule has 2 aromatic carbocycles. The van der Waals surface area contributed by atoms with Crippen LogP contribution >= 0.6 is 0 Å². The first-order valence-electron chi connectivity index (χ1n) is 8.68. The summed E-state index contributed by atoms with van der Waals surface area (Å²) in [6.45, 7) is -0.212. The van der Waals surface area contributed by atoms with Crippen LogP contribution in [0.1, 0.15) is 15.9 Å². The Kier molecular flexibility index (Phi) is 8.52. The van der Waals surface area contributed by atoms with E-state index in [4.69, 9.17) is 30.3 Å². The molecule has 1 aliphatic heterocycles. The molecule has 1 heterocycles. The van der Waals surface area contributed by atoms with E-state index in [2.05, 4.69) is 4.74 Å². The van der Waals surface area contributed by atoms with Crippen molar-refractivity contribution in [3.05, 3.63) is 71.8 Å². The fourth-order valence-electron chi connectivity index (χ4n) is 2.46. The van der Waals surface area contributed by atoms with Gasteiger partial charge in [0.05, 0.1) is 12.2 Å². The highest BCUT2D eigenvalue weighted by Crippen LogP contribution is 2.19.